The standard InChI is InChI=1S/C16H20N2O4/c1-3-12(6-9-19)13-4-5-14(17-15(13)16(20)21-2)18-7-10-22-11-8-18/h3-5,9H,6-8,10-11H2,1-2H3/b12-3+. The van der Waals surface area contributed by atoms with Crippen LogP contribution in [0.15, 0.2) is 18.2 Å². The number of hydrogen-bond donors (Lipinski definition) is 0. The van der Waals surface area contributed by atoms with Gasteiger partial charge in [0.1, 0.15) is 12.1 Å². The number of aromatic nitrogens is 1. The third kappa shape index (κ3) is 3.51. The van der Waals surface area contributed by atoms with Crippen molar-refractivity contribution in [2.24, 2.45) is 0 Å². The van der Waals surface area contributed by atoms with Crippen molar-refractivity contribution in [3.8, 4) is 0 Å². The van der Waals surface area contributed by atoms with Gasteiger partial charge in [0.2, 0.25) is 0 Å². The fourth-order valence-corrected chi connectivity index (χ4v) is 2.40. The fourth-order valence-electron chi connectivity index (χ4n) is 2.40. The van der Waals surface area contributed by atoms with Gasteiger partial charge in [-0.3, -0.25) is 0 Å². The van der Waals surface area contributed by atoms with Gasteiger partial charge in [-0.25, -0.2) is 9.78 Å². The van der Waals surface area contributed by atoms with Crippen molar-refractivity contribution in [3.63, 3.8) is 0 Å². The quantitative estimate of drug-likeness (QED) is 0.609. The lowest BCUT2D eigenvalue weighted by Gasteiger charge is -2.28. The number of carbonyl (C=O) groups is 2. The lowest BCUT2D eigenvalue weighted by atomic mass is 10.0. The molecule has 1 aliphatic heterocycles. The Bertz CT molecular complexity index is 578. The molecule has 0 bridgehead atoms. The summed E-state index contributed by atoms with van der Waals surface area (Å²) in [6.07, 6.45) is 2.86. The predicted molar refractivity (Wildman–Crippen MR) is 82.9 cm³/mol. The average Bonchev–Trinajstić information content (AvgIpc) is 2.59. The van der Waals surface area contributed by atoms with Crippen molar-refractivity contribution in [3.05, 3.63) is 29.5 Å². The van der Waals surface area contributed by atoms with Gasteiger partial charge in [0.05, 0.1) is 20.3 Å². The average molecular weight is 304 g/mol. The molecule has 2 rings (SSSR count). The third-order valence-electron chi connectivity index (χ3n) is 3.59. The zero-order valence-corrected chi connectivity index (χ0v) is 12.9. The number of methoxy groups -OCH3 is 1. The van der Waals surface area contributed by atoms with Gasteiger partial charge in [-0.1, -0.05) is 6.08 Å². The summed E-state index contributed by atoms with van der Waals surface area (Å²) in [7, 11) is 1.32. The van der Waals surface area contributed by atoms with E-state index in [0.717, 1.165) is 24.9 Å². The number of nitrogens with zero attached hydrogens (tertiary/aromatic N) is 2. The maximum absolute atomic E-state index is 12.1. The largest absolute Gasteiger partial charge is 0.464 e. The molecule has 22 heavy (non-hydrogen) atoms. The number of hydrogen-bond acceptors (Lipinski definition) is 6. The van der Waals surface area contributed by atoms with Crippen LogP contribution in [0.5, 0.6) is 0 Å². The van der Waals surface area contributed by atoms with Crippen molar-refractivity contribution in [1.29, 1.82) is 0 Å². The summed E-state index contributed by atoms with van der Waals surface area (Å²) in [5.74, 6) is 0.212. The normalized spacial score (nSPS) is 15.5. The van der Waals surface area contributed by atoms with Gasteiger partial charge in [-0.05, 0) is 24.6 Å². The molecule has 0 atom stereocenters. The van der Waals surface area contributed by atoms with Crippen LogP contribution in [0.3, 0.4) is 0 Å². The van der Waals surface area contributed by atoms with Crippen LogP contribution in [0.4, 0.5) is 5.82 Å². The Morgan fingerprint density at radius 1 is 1.41 bits per heavy atom. The van der Waals surface area contributed by atoms with Crippen molar-refractivity contribution in [1.82, 2.24) is 4.98 Å². The number of ether oxygens (including phenoxy) is 2. The van der Waals surface area contributed by atoms with Gasteiger partial charge in [-0.15, -0.1) is 0 Å². The molecule has 118 valence electrons. The second-order valence-electron chi connectivity index (χ2n) is 4.84. The number of morpholine rings is 1. The van der Waals surface area contributed by atoms with E-state index in [4.69, 9.17) is 9.47 Å². The monoisotopic (exact) mass is 304 g/mol. The predicted octanol–water partition coefficient (Wildman–Crippen LogP) is 1.70. The smallest absolute Gasteiger partial charge is 0.357 e. The summed E-state index contributed by atoms with van der Waals surface area (Å²) in [6, 6.07) is 3.68. The molecule has 0 N–H and O–H groups in total. The van der Waals surface area contributed by atoms with E-state index in [-0.39, 0.29) is 12.1 Å². The van der Waals surface area contributed by atoms with E-state index in [1.165, 1.54) is 7.11 Å². The number of allylic oxidation sites excluding steroid dienone is 2. The zero-order chi connectivity index (χ0) is 15.9. The minimum atomic E-state index is -0.504. The van der Waals surface area contributed by atoms with Gasteiger partial charge in [0.25, 0.3) is 0 Å². The van der Waals surface area contributed by atoms with Crippen LogP contribution < -0.4 is 4.90 Å². The maximum Gasteiger partial charge on any atom is 0.357 e. The topological polar surface area (TPSA) is 68.7 Å². The second-order valence-corrected chi connectivity index (χ2v) is 4.84. The first-order valence-electron chi connectivity index (χ1n) is 7.22. The first-order chi connectivity index (χ1) is 10.7. The van der Waals surface area contributed by atoms with Crippen LogP contribution in [-0.4, -0.2) is 50.7 Å². The molecular formula is C16H20N2O4. The molecule has 1 aromatic rings. The Labute approximate surface area is 129 Å². The zero-order valence-electron chi connectivity index (χ0n) is 12.9. The van der Waals surface area contributed by atoms with Gasteiger partial charge >= 0.3 is 5.97 Å². The van der Waals surface area contributed by atoms with E-state index in [1.54, 1.807) is 0 Å². The summed E-state index contributed by atoms with van der Waals surface area (Å²) in [6.45, 7) is 4.58. The molecule has 1 aromatic heterocycles. The van der Waals surface area contributed by atoms with Crippen LogP contribution in [-0.2, 0) is 14.3 Å². The lowest BCUT2D eigenvalue weighted by Crippen LogP contribution is -2.37. The number of pyridine rings is 1. The van der Waals surface area contributed by atoms with E-state index >= 15 is 0 Å². The SMILES string of the molecule is C/C=C(\CC=O)c1ccc(N2CCOCC2)nc1C(=O)OC. The van der Waals surface area contributed by atoms with Gasteiger partial charge < -0.3 is 19.2 Å². The molecule has 0 aliphatic carbocycles. The molecule has 6 heteroatoms. The first-order valence-corrected chi connectivity index (χ1v) is 7.22. The Kier molecular flexibility index (Phi) is 5.66. The van der Waals surface area contributed by atoms with Gasteiger partial charge in [-0.2, -0.15) is 0 Å². The molecule has 1 saturated heterocycles. The molecule has 1 aliphatic rings. The summed E-state index contributed by atoms with van der Waals surface area (Å²) >= 11 is 0. The molecule has 0 aromatic carbocycles. The molecule has 1 fully saturated rings. The minimum Gasteiger partial charge on any atom is -0.464 e. The van der Waals surface area contributed by atoms with Gasteiger partial charge in [0, 0.05) is 25.1 Å². The Hall–Kier alpha value is -2.21. The fraction of sp³-hybridized carbons (Fsp3) is 0.438. The van der Waals surface area contributed by atoms with Crippen molar-refractivity contribution >= 4 is 23.6 Å². The number of carbonyl (C=O) groups excluding carboxylic acids is 2. The highest BCUT2D eigenvalue weighted by atomic mass is 16.5. The molecule has 0 radical (unpaired) electrons. The molecule has 0 spiro atoms. The first kappa shape index (κ1) is 16.2. The Morgan fingerprint density at radius 2 is 2.14 bits per heavy atom. The molecular weight excluding hydrogens is 284 g/mol. The second kappa shape index (κ2) is 7.70. The van der Waals surface area contributed by atoms with Crippen molar-refractivity contribution < 1.29 is 19.1 Å². The summed E-state index contributed by atoms with van der Waals surface area (Å²) in [5, 5.41) is 0. The van der Waals surface area contributed by atoms with Crippen LogP contribution in [0.1, 0.15) is 29.4 Å². The van der Waals surface area contributed by atoms with Crippen LogP contribution in [0.2, 0.25) is 0 Å². The lowest BCUT2D eigenvalue weighted by molar-refractivity contribution is -0.107. The summed E-state index contributed by atoms with van der Waals surface area (Å²) < 4.78 is 10.2. The summed E-state index contributed by atoms with van der Waals surface area (Å²) in [4.78, 5) is 29.4. The highest BCUT2D eigenvalue weighted by molar-refractivity contribution is 5.95. The Balaban J connectivity index is 2.41. The van der Waals surface area contributed by atoms with Gasteiger partial charge in [0.15, 0.2) is 5.69 Å². The molecule has 2 heterocycles. The van der Waals surface area contributed by atoms with E-state index in [9.17, 15) is 9.59 Å². The minimum absolute atomic E-state index is 0.235. The van der Waals surface area contributed by atoms with E-state index in [0.29, 0.717) is 24.6 Å². The number of rotatable bonds is 5. The molecule has 0 saturated carbocycles. The van der Waals surface area contributed by atoms with Crippen LogP contribution in [0, 0.1) is 0 Å². The van der Waals surface area contributed by atoms with E-state index in [1.807, 2.05) is 25.1 Å². The van der Waals surface area contributed by atoms with Crippen LogP contribution in [0.25, 0.3) is 5.57 Å². The van der Waals surface area contributed by atoms with E-state index < -0.39 is 5.97 Å². The molecule has 6 nitrogen and oxygen atoms in total. The number of aldehydes is 1. The van der Waals surface area contributed by atoms with Crippen LogP contribution >= 0.6 is 0 Å². The number of esters is 1. The summed E-state index contributed by atoms with van der Waals surface area (Å²) in [5.41, 5.74) is 1.64. The highest BCUT2D eigenvalue weighted by Gasteiger charge is 2.20. The highest BCUT2D eigenvalue weighted by Crippen LogP contribution is 2.24. The maximum atomic E-state index is 12.1. The van der Waals surface area contributed by atoms with Crippen molar-refractivity contribution in [2.45, 2.75) is 13.3 Å². The van der Waals surface area contributed by atoms with E-state index in [2.05, 4.69) is 9.88 Å². The van der Waals surface area contributed by atoms with Crippen molar-refractivity contribution in [2.75, 3.05) is 38.3 Å². The Morgan fingerprint density at radius 3 is 2.73 bits per heavy atom. The third-order valence-corrected chi connectivity index (χ3v) is 3.59. The molecule has 0 unspecified atom stereocenters. The molecule has 0 amide bonds. The number of anilines is 1.